The molecule has 0 saturated heterocycles. The lowest BCUT2D eigenvalue weighted by atomic mass is 10.1. The van der Waals surface area contributed by atoms with Crippen molar-refractivity contribution in [1.82, 2.24) is 10.3 Å². The van der Waals surface area contributed by atoms with E-state index in [-0.39, 0.29) is 16.7 Å². The highest BCUT2D eigenvalue weighted by Gasteiger charge is 2.21. The molecule has 1 heterocycles. The van der Waals surface area contributed by atoms with Gasteiger partial charge in [-0.1, -0.05) is 18.2 Å². The van der Waals surface area contributed by atoms with E-state index >= 15 is 0 Å². The average Bonchev–Trinajstić information content (AvgIpc) is 2.59. The first kappa shape index (κ1) is 16.1. The maximum atomic E-state index is 12.6. The number of para-hydroxylation sites is 2. The molecule has 0 saturated carbocycles. The molecule has 1 aromatic heterocycles. The number of fused-ring (bicyclic) bond motifs is 2. The summed E-state index contributed by atoms with van der Waals surface area (Å²) in [6.45, 7) is 0. The van der Waals surface area contributed by atoms with Crippen molar-refractivity contribution in [3.8, 4) is 0 Å². The topological polar surface area (TPSA) is 99.3 Å². The van der Waals surface area contributed by atoms with Gasteiger partial charge in [0.1, 0.15) is 6.04 Å². The third kappa shape index (κ3) is 2.74. The van der Waals surface area contributed by atoms with Gasteiger partial charge < -0.3 is 15.4 Å². The molecule has 0 bridgehead atoms. The molecule has 3 aromatic rings. The molecule has 0 spiro atoms. The quantitative estimate of drug-likeness (QED) is 0.429. The van der Waals surface area contributed by atoms with E-state index in [0.29, 0.717) is 21.8 Å². The van der Waals surface area contributed by atoms with Gasteiger partial charge in [0.05, 0.1) is 11.1 Å². The number of benzene rings is 2. The Morgan fingerprint density at radius 1 is 1.12 bits per heavy atom. The minimum atomic E-state index is -1.17. The van der Waals surface area contributed by atoms with Gasteiger partial charge in [-0.2, -0.15) is 12.6 Å². The fraction of sp³-hybridized carbons (Fsp3) is 0.118. The second kappa shape index (κ2) is 6.37. The van der Waals surface area contributed by atoms with Crippen molar-refractivity contribution in [3.05, 3.63) is 58.3 Å². The number of carboxylic acids is 1. The van der Waals surface area contributed by atoms with Gasteiger partial charge in [-0.3, -0.25) is 9.59 Å². The lowest BCUT2D eigenvalue weighted by Gasteiger charge is -2.13. The van der Waals surface area contributed by atoms with Gasteiger partial charge in [-0.25, -0.2) is 4.79 Å². The number of nitrogens with one attached hydrogen (secondary N) is 2. The molecule has 0 aliphatic carbocycles. The van der Waals surface area contributed by atoms with Gasteiger partial charge in [-0.15, -0.1) is 0 Å². The number of pyridine rings is 1. The van der Waals surface area contributed by atoms with Crippen molar-refractivity contribution in [2.24, 2.45) is 0 Å². The van der Waals surface area contributed by atoms with Gasteiger partial charge in [0.25, 0.3) is 5.91 Å². The lowest BCUT2D eigenvalue weighted by molar-refractivity contribution is -0.138. The van der Waals surface area contributed by atoms with Crippen LogP contribution in [0, 0.1) is 0 Å². The smallest absolute Gasteiger partial charge is 0.327 e. The Kier molecular flexibility index (Phi) is 4.26. The van der Waals surface area contributed by atoms with Crippen LogP contribution in [0.2, 0.25) is 0 Å². The molecule has 24 heavy (non-hydrogen) atoms. The minimum absolute atomic E-state index is 0.0364. The number of hydrogen-bond donors (Lipinski definition) is 4. The molecule has 3 N–H and O–H groups in total. The summed E-state index contributed by atoms with van der Waals surface area (Å²) in [4.78, 5) is 39.2. The summed E-state index contributed by atoms with van der Waals surface area (Å²) in [6.07, 6.45) is 0. The maximum Gasteiger partial charge on any atom is 0.327 e. The summed E-state index contributed by atoms with van der Waals surface area (Å²) < 4.78 is 0. The molecule has 122 valence electrons. The number of rotatable bonds is 4. The number of H-pyrrole nitrogens is 1. The monoisotopic (exact) mass is 342 g/mol. The Bertz CT molecular complexity index is 1010. The van der Waals surface area contributed by atoms with Crippen molar-refractivity contribution >= 4 is 46.3 Å². The summed E-state index contributed by atoms with van der Waals surface area (Å²) in [7, 11) is 0. The molecular formula is C17H14N2O4S. The number of aliphatic carboxylic acids is 1. The highest BCUT2D eigenvalue weighted by molar-refractivity contribution is 7.80. The van der Waals surface area contributed by atoms with E-state index in [0.717, 1.165) is 0 Å². The van der Waals surface area contributed by atoms with Crippen LogP contribution in [0.15, 0.2) is 47.3 Å². The van der Waals surface area contributed by atoms with Crippen LogP contribution in [0.5, 0.6) is 0 Å². The molecule has 0 radical (unpaired) electrons. The number of thiol groups is 1. The van der Waals surface area contributed by atoms with Crippen molar-refractivity contribution in [3.63, 3.8) is 0 Å². The van der Waals surface area contributed by atoms with Gasteiger partial charge in [0.15, 0.2) is 5.43 Å². The van der Waals surface area contributed by atoms with Crippen LogP contribution in [0.1, 0.15) is 10.4 Å². The number of carbonyl (C=O) groups is 2. The van der Waals surface area contributed by atoms with Gasteiger partial charge in [-0.05, 0) is 24.3 Å². The van der Waals surface area contributed by atoms with E-state index in [1.807, 2.05) is 0 Å². The Hall–Kier alpha value is -2.80. The second-order valence-corrected chi connectivity index (χ2v) is 5.64. The normalized spacial score (nSPS) is 12.2. The van der Waals surface area contributed by atoms with Crippen LogP contribution < -0.4 is 10.7 Å². The Morgan fingerprint density at radius 3 is 2.54 bits per heavy atom. The third-order valence-electron chi connectivity index (χ3n) is 3.77. The highest BCUT2D eigenvalue weighted by Crippen LogP contribution is 2.18. The van der Waals surface area contributed by atoms with Crippen LogP contribution >= 0.6 is 12.6 Å². The molecule has 0 aliphatic heterocycles. The highest BCUT2D eigenvalue weighted by atomic mass is 32.1. The molecule has 0 fully saturated rings. The zero-order valence-electron chi connectivity index (χ0n) is 12.4. The van der Waals surface area contributed by atoms with E-state index in [1.54, 1.807) is 42.5 Å². The second-order valence-electron chi connectivity index (χ2n) is 5.27. The number of amides is 1. The Balaban J connectivity index is 2.17. The van der Waals surface area contributed by atoms with E-state index in [4.69, 9.17) is 5.11 Å². The molecule has 1 unspecified atom stereocenters. The molecule has 3 rings (SSSR count). The Labute approximate surface area is 141 Å². The zero-order valence-corrected chi connectivity index (χ0v) is 13.3. The zero-order chi connectivity index (χ0) is 17.3. The predicted octanol–water partition coefficient (Wildman–Crippen LogP) is 1.79. The van der Waals surface area contributed by atoms with Crippen LogP contribution in [-0.4, -0.2) is 33.8 Å². The number of hydrogen-bond acceptors (Lipinski definition) is 4. The van der Waals surface area contributed by atoms with Gasteiger partial charge in [0.2, 0.25) is 0 Å². The number of aromatic nitrogens is 1. The number of aromatic amines is 1. The first-order chi connectivity index (χ1) is 11.5. The summed E-state index contributed by atoms with van der Waals surface area (Å²) in [5, 5.41) is 12.4. The number of carboxylic acid groups (broad SMARTS) is 1. The van der Waals surface area contributed by atoms with Crippen molar-refractivity contribution in [2.75, 3.05) is 5.75 Å². The number of carbonyl (C=O) groups excluding carboxylic acids is 1. The lowest BCUT2D eigenvalue weighted by Crippen LogP contribution is -2.42. The van der Waals surface area contributed by atoms with E-state index < -0.39 is 17.9 Å². The molecule has 7 heteroatoms. The van der Waals surface area contributed by atoms with Crippen molar-refractivity contribution < 1.29 is 14.7 Å². The first-order valence-electron chi connectivity index (χ1n) is 7.21. The summed E-state index contributed by atoms with van der Waals surface area (Å²) in [5.74, 6) is -1.78. The fourth-order valence-corrected chi connectivity index (χ4v) is 2.80. The van der Waals surface area contributed by atoms with Crippen LogP contribution in [0.4, 0.5) is 0 Å². The first-order valence-corrected chi connectivity index (χ1v) is 7.84. The van der Waals surface area contributed by atoms with E-state index in [9.17, 15) is 14.4 Å². The van der Waals surface area contributed by atoms with E-state index in [2.05, 4.69) is 22.9 Å². The summed E-state index contributed by atoms with van der Waals surface area (Å²) in [6, 6.07) is 10.7. The average molecular weight is 342 g/mol. The third-order valence-corrected chi connectivity index (χ3v) is 4.14. The van der Waals surface area contributed by atoms with E-state index in [1.165, 1.54) is 0 Å². The van der Waals surface area contributed by atoms with Crippen LogP contribution in [0.3, 0.4) is 0 Å². The summed E-state index contributed by atoms with van der Waals surface area (Å²) in [5.41, 5.74) is 1.02. The Morgan fingerprint density at radius 2 is 1.83 bits per heavy atom. The molecule has 2 aromatic carbocycles. The van der Waals surface area contributed by atoms with Gasteiger partial charge in [0, 0.05) is 22.0 Å². The van der Waals surface area contributed by atoms with Crippen molar-refractivity contribution in [1.29, 1.82) is 0 Å². The molecule has 1 atom stereocenters. The molecular weight excluding hydrogens is 328 g/mol. The summed E-state index contributed by atoms with van der Waals surface area (Å²) >= 11 is 3.93. The van der Waals surface area contributed by atoms with Crippen LogP contribution in [0.25, 0.3) is 21.8 Å². The minimum Gasteiger partial charge on any atom is -0.480 e. The SMILES string of the molecule is O=C(NC(CS)C(=O)O)c1cccc2c(=O)c3ccccc3[nH]c12. The fourth-order valence-electron chi connectivity index (χ4n) is 2.56. The molecule has 1 amide bonds. The van der Waals surface area contributed by atoms with Crippen molar-refractivity contribution in [2.45, 2.75) is 6.04 Å². The standard InChI is InChI=1S/C17H14N2O4S/c20-15-9-4-1-2-7-12(9)18-14-10(15)5-3-6-11(14)16(21)19-13(8-24)17(22)23/h1-7,13,24H,8H2,(H,18,20)(H,19,21)(H,22,23). The molecule has 0 aliphatic rings. The largest absolute Gasteiger partial charge is 0.480 e. The van der Waals surface area contributed by atoms with Gasteiger partial charge >= 0.3 is 5.97 Å². The predicted molar refractivity (Wildman–Crippen MR) is 94.8 cm³/mol. The van der Waals surface area contributed by atoms with Crippen LogP contribution in [-0.2, 0) is 4.79 Å². The maximum absolute atomic E-state index is 12.6. The molecule has 6 nitrogen and oxygen atoms in total.